The Kier molecular flexibility index (Phi) is 6.50. The molecule has 0 bridgehead atoms. The number of nitriles is 1. The van der Waals surface area contributed by atoms with Crippen LogP contribution in [0, 0.1) is 11.3 Å². The molecule has 0 saturated carbocycles. The monoisotopic (exact) mass is 308 g/mol. The molecule has 3 heteroatoms. The van der Waals surface area contributed by atoms with Crippen LogP contribution in [0.3, 0.4) is 0 Å². The van der Waals surface area contributed by atoms with E-state index >= 15 is 0 Å². The number of ether oxygens (including phenoxy) is 1. The van der Waals surface area contributed by atoms with E-state index in [1.165, 1.54) is 19.3 Å². The first-order chi connectivity index (χ1) is 11.2. The van der Waals surface area contributed by atoms with E-state index < -0.39 is 0 Å². The summed E-state index contributed by atoms with van der Waals surface area (Å²) in [6, 6.07) is 10.2. The van der Waals surface area contributed by atoms with Gasteiger partial charge >= 0.3 is 0 Å². The molecule has 0 amide bonds. The summed E-state index contributed by atoms with van der Waals surface area (Å²) in [5.41, 5.74) is 9.32. The van der Waals surface area contributed by atoms with E-state index in [1.54, 1.807) is 12.2 Å². The van der Waals surface area contributed by atoms with Gasteiger partial charge in [-0.25, -0.2) is 0 Å². The lowest BCUT2D eigenvalue weighted by molar-refractivity contribution is 0.305. The van der Waals surface area contributed by atoms with Gasteiger partial charge in [0, 0.05) is 12.1 Å². The highest BCUT2D eigenvalue weighted by Gasteiger charge is 2.10. The molecule has 120 valence electrons. The second kappa shape index (κ2) is 8.85. The van der Waals surface area contributed by atoms with Crippen molar-refractivity contribution in [2.75, 3.05) is 6.61 Å². The van der Waals surface area contributed by atoms with Gasteiger partial charge in [-0.3, -0.25) is 0 Å². The zero-order valence-electron chi connectivity index (χ0n) is 13.7. The molecule has 0 unspecified atom stereocenters. The normalized spacial score (nSPS) is 15.7. The molecule has 3 nitrogen and oxygen atoms in total. The van der Waals surface area contributed by atoms with Crippen LogP contribution in [0.15, 0.2) is 53.3 Å². The molecule has 1 aromatic carbocycles. The highest BCUT2D eigenvalue weighted by atomic mass is 16.5. The fourth-order valence-electron chi connectivity index (χ4n) is 2.49. The Bertz CT molecular complexity index is 645. The summed E-state index contributed by atoms with van der Waals surface area (Å²) in [5, 5.41) is 9.18. The lowest BCUT2D eigenvalue weighted by Crippen LogP contribution is -2.04. The van der Waals surface area contributed by atoms with Gasteiger partial charge in [-0.1, -0.05) is 44.4 Å². The minimum Gasteiger partial charge on any atom is -0.494 e. The van der Waals surface area contributed by atoms with Crippen molar-refractivity contribution in [2.24, 2.45) is 5.73 Å². The molecule has 1 aliphatic rings. The Morgan fingerprint density at radius 1 is 1.17 bits per heavy atom. The van der Waals surface area contributed by atoms with Gasteiger partial charge in [-0.05, 0) is 41.8 Å². The first-order valence-corrected chi connectivity index (χ1v) is 8.23. The van der Waals surface area contributed by atoms with E-state index in [0.717, 1.165) is 35.6 Å². The Labute approximate surface area is 138 Å². The van der Waals surface area contributed by atoms with Gasteiger partial charge < -0.3 is 10.5 Å². The van der Waals surface area contributed by atoms with Crippen molar-refractivity contribution in [1.29, 1.82) is 5.26 Å². The Morgan fingerprint density at radius 2 is 1.96 bits per heavy atom. The Morgan fingerprint density at radius 3 is 2.65 bits per heavy atom. The topological polar surface area (TPSA) is 59.0 Å². The molecule has 0 saturated heterocycles. The lowest BCUT2D eigenvalue weighted by Gasteiger charge is -2.11. The molecule has 23 heavy (non-hydrogen) atoms. The minimum atomic E-state index is 0.620. The molecule has 0 heterocycles. The van der Waals surface area contributed by atoms with Crippen molar-refractivity contribution in [3.05, 3.63) is 58.8 Å². The van der Waals surface area contributed by atoms with E-state index in [-0.39, 0.29) is 0 Å². The molecule has 0 radical (unpaired) electrons. The van der Waals surface area contributed by atoms with Gasteiger partial charge in [0.25, 0.3) is 0 Å². The van der Waals surface area contributed by atoms with Crippen molar-refractivity contribution in [2.45, 2.75) is 39.0 Å². The van der Waals surface area contributed by atoms with Crippen LogP contribution in [0.5, 0.6) is 5.75 Å². The molecule has 2 rings (SSSR count). The van der Waals surface area contributed by atoms with Crippen molar-refractivity contribution in [3.63, 3.8) is 0 Å². The van der Waals surface area contributed by atoms with Crippen LogP contribution in [0.1, 0.15) is 44.6 Å². The van der Waals surface area contributed by atoms with Crippen LogP contribution < -0.4 is 10.5 Å². The van der Waals surface area contributed by atoms with Crippen LogP contribution in [0.2, 0.25) is 0 Å². The number of hydrogen-bond acceptors (Lipinski definition) is 3. The number of allylic oxidation sites excluding steroid dienone is 4. The lowest BCUT2D eigenvalue weighted by atomic mass is 9.95. The molecule has 0 aliphatic heterocycles. The zero-order chi connectivity index (χ0) is 16.5. The fraction of sp³-hybridized carbons (Fsp3) is 0.350. The number of unbranched alkanes of at least 4 members (excludes halogenated alkanes) is 3. The first-order valence-electron chi connectivity index (χ1n) is 8.23. The standard InChI is InChI=1S/C20H24N2O/c1-2-3-4-5-12-23-20-10-6-16(7-11-20)13-18-14-19(22)9-8-17(18)15-21/h6-11,13H,2-5,12,14,22H2,1H3. The number of hydrogen-bond donors (Lipinski definition) is 1. The molecule has 0 spiro atoms. The average Bonchev–Trinajstić information content (AvgIpc) is 2.56. The Balaban J connectivity index is 1.95. The quantitative estimate of drug-likeness (QED) is 0.741. The third-order valence-electron chi connectivity index (χ3n) is 3.81. The molecule has 0 atom stereocenters. The average molecular weight is 308 g/mol. The molecular weight excluding hydrogens is 284 g/mol. The van der Waals surface area contributed by atoms with Crippen molar-refractivity contribution >= 4 is 6.08 Å². The van der Waals surface area contributed by atoms with Crippen LogP contribution in [-0.4, -0.2) is 6.61 Å². The van der Waals surface area contributed by atoms with Crippen LogP contribution >= 0.6 is 0 Å². The maximum atomic E-state index is 9.18. The molecular formula is C20H24N2O. The van der Waals surface area contributed by atoms with Gasteiger partial charge in [0.15, 0.2) is 0 Å². The van der Waals surface area contributed by atoms with Crippen LogP contribution in [-0.2, 0) is 0 Å². The smallest absolute Gasteiger partial charge is 0.119 e. The van der Waals surface area contributed by atoms with Crippen molar-refractivity contribution in [1.82, 2.24) is 0 Å². The van der Waals surface area contributed by atoms with Gasteiger partial charge in [-0.2, -0.15) is 5.26 Å². The summed E-state index contributed by atoms with van der Waals surface area (Å²) in [4.78, 5) is 0. The number of nitrogens with two attached hydrogens (primary N) is 1. The van der Waals surface area contributed by atoms with E-state index in [2.05, 4.69) is 13.0 Å². The largest absolute Gasteiger partial charge is 0.494 e. The third kappa shape index (κ3) is 5.34. The number of rotatable bonds is 7. The summed E-state index contributed by atoms with van der Waals surface area (Å²) in [6.07, 6.45) is 11.0. The van der Waals surface area contributed by atoms with Crippen LogP contribution in [0.4, 0.5) is 0 Å². The predicted molar refractivity (Wildman–Crippen MR) is 94.6 cm³/mol. The van der Waals surface area contributed by atoms with E-state index in [0.29, 0.717) is 12.0 Å². The number of benzene rings is 1. The third-order valence-corrected chi connectivity index (χ3v) is 3.81. The SMILES string of the molecule is CCCCCCOc1ccc(C=C2CC(N)=CC=C2C#N)cc1. The first kappa shape index (κ1) is 16.9. The van der Waals surface area contributed by atoms with E-state index in [9.17, 15) is 5.26 Å². The molecule has 1 aliphatic carbocycles. The second-order valence-corrected chi connectivity index (χ2v) is 5.76. The maximum absolute atomic E-state index is 9.18. The van der Waals surface area contributed by atoms with E-state index in [4.69, 9.17) is 10.5 Å². The maximum Gasteiger partial charge on any atom is 0.119 e. The fourth-order valence-corrected chi connectivity index (χ4v) is 2.49. The summed E-state index contributed by atoms with van der Waals surface area (Å²) in [6.45, 7) is 2.97. The zero-order valence-corrected chi connectivity index (χ0v) is 13.7. The molecule has 0 aromatic heterocycles. The molecule has 0 fully saturated rings. The van der Waals surface area contributed by atoms with Gasteiger partial charge in [0.05, 0.1) is 18.2 Å². The summed E-state index contributed by atoms with van der Waals surface area (Å²) < 4.78 is 5.74. The molecule has 1 aromatic rings. The highest BCUT2D eigenvalue weighted by Crippen LogP contribution is 2.25. The number of nitrogens with zero attached hydrogens (tertiary/aromatic N) is 1. The van der Waals surface area contributed by atoms with Crippen molar-refractivity contribution < 1.29 is 4.74 Å². The van der Waals surface area contributed by atoms with Crippen LogP contribution in [0.25, 0.3) is 6.08 Å². The Hall–Kier alpha value is -2.47. The summed E-state index contributed by atoms with van der Waals surface area (Å²) in [5.74, 6) is 0.891. The predicted octanol–water partition coefficient (Wildman–Crippen LogP) is 4.73. The highest BCUT2D eigenvalue weighted by molar-refractivity contribution is 5.64. The van der Waals surface area contributed by atoms with Crippen molar-refractivity contribution in [3.8, 4) is 11.8 Å². The van der Waals surface area contributed by atoms with E-state index in [1.807, 2.05) is 30.3 Å². The summed E-state index contributed by atoms with van der Waals surface area (Å²) in [7, 11) is 0. The van der Waals surface area contributed by atoms with Gasteiger partial charge in [0.1, 0.15) is 5.75 Å². The summed E-state index contributed by atoms with van der Waals surface area (Å²) >= 11 is 0. The second-order valence-electron chi connectivity index (χ2n) is 5.76. The molecule has 2 N–H and O–H groups in total. The van der Waals surface area contributed by atoms with Gasteiger partial charge in [-0.15, -0.1) is 0 Å². The minimum absolute atomic E-state index is 0.620. The van der Waals surface area contributed by atoms with Gasteiger partial charge in [0.2, 0.25) is 0 Å².